The lowest BCUT2D eigenvalue weighted by Crippen LogP contribution is -1.93. The molecule has 0 aliphatic heterocycles. The molecule has 0 aliphatic carbocycles. The number of hydrogen-bond donors (Lipinski definition) is 1. The summed E-state index contributed by atoms with van der Waals surface area (Å²) in [6.07, 6.45) is 5.17. The lowest BCUT2D eigenvalue weighted by atomic mass is 10.1. The summed E-state index contributed by atoms with van der Waals surface area (Å²) in [4.78, 5) is 12.3. The van der Waals surface area contributed by atoms with Crippen LogP contribution in [-0.4, -0.2) is 15.0 Å². The molecule has 0 spiro atoms. The number of rotatable bonds is 4. The van der Waals surface area contributed by atoms with Crippen molar-refractivity contribution < 1.29 is 4.42 Å². The minimum atomic E-state index is 0.728. The van der Waals surface area contributed by atoms with E-state index in [0.29, 0.717) is 0 Å². The van der Waals surface area contributed by atoms with Gasteiger partial charge in [0.25, 0.3) is 0 Å². The zero-order chi connectivity index (χ0) is 15.6. The summed E-state index contributed by atoms with van der Waals surface area (Å²) >= 11 is 5.90. The summed E-state index contributed by atoms with van der Waals surface area (Å²) in [5.41, 5.74) is 3.82. The molecule has 0 unspecified atom stereocenters. The van der Waals surface area contributed by atoms with Crippen LogP contribution in [0.25, 0.3) is 22.5 Å². The molecule has 0 saturated heterocycles. The van der Waals surface area contributed by atoms with E-state index in [2.05, 4.69) is 15.0 Å². The van der Waals surface area contributed by atoms with Crippen molar-refractivity contribution in [2.45, 2.75) is 12.8 Å². The molecule has 4 nitrogen and oxygen atoms in total. The molecule has 4 aromatic rings. The van der Waals surface area contributed by atoms with Crippen LogP contribution in [0.5, 0.6) is 0 Å². The largest absolute Gasteiger partial charge is 0.464 e. The summed E-state index contributed by atoms with van der Waals surface area (Å²) in [6.45, 7) is 0. The quantitative estimate of drug-likeness (QED) is 0.594. The van der Waals surface area contributed by atoms with Gasteiger partial charge in [-0.05, 0) is 42.3 Å². The summed E-state index contributed by atoms with van der Waals surface area (Å²) in [6, 6.07) is 13.7. The van der Waals surface area contributed by atoms with Gasteiger partial charge in [-0.25, -0.2) is 9.97 Å². The van der Waals surface area contributed by atoms with Gasteiger partial charge < -0.3 is 9.40 Å². The van der Waals surface area contributed by atoms with Gasteiger partial charge in [-0.2, -0.15) is 0 Å². The van der Waals surface area contributed by atoms with Crippen LogP contribution in [0.1, 0.15) is 11.4 Å². The van der Waals surface area contributed by atoms with Crippen molar-refractivity contribution >= 4 is 22.8 Å². The summed E-state index contributed by atoms with van der Waals surface area (Å²) < 4.78 is 5.41. The van der Waals surface area contributed by atoms with Crippen LogP contribution in [0.4, 0.5) is 0 Å². The molecule has 0 atom stereocenters. The van der Waals surface area contributed by atoms with Crippen molar-refractivity contribution in [3.05, 3.63) is 71.3 Å². The molecule has 1 N–H and O–H groups in total. The number of benzene rings is 1. The van der Waals surface area contributed by atoms with E-state index in [0.717, 1.165) is 46.2 Å². The van der Waals surface area contributed by atoms with Gasteiger partial charge >= 0.3 is 0 Å². The number of furan rings is 1. The molecule has 23 heavy (non-hydrogen) atoms. The third-order valence-corrected chi connectivity index (χ3v) is 4.01. The predicted octanol–water partition coefficient (Wildman–Crippen LogP) is 4.66. The van der Waals surface area contributed by atoms with E-state index < -0.39 is 0 Å². The number of nitrogens with zero attached hydrogens (tertiary/aromatic N) is 2. The Bertz CT molecular complexity index is 927. The van der Waals surface area contributed by atoms with Crippen LogP contribution < -0.4 is 0 Å². The van der Waals surface area contributed by atoms with Crippen LogP contribution in [0.2, 0.25) is 5.02 Å². The Morgan fingerprint density at radius 1 is 1.09 bits per heavy atom. The highest BCUT2D eigenvalue weighted by atomic mass is 35.5. The van der Waals surface area contributed by atoms with Crippen LogP contribution >= 0.6 is 11.6 Å². The number of halogens is 1. The number of pyridine rings is 1. The number of aryl methyl sites for hydroxylation is 2. The topological polar surface area (TPSA) is 54.7 Å². The summed E-state index contributed by atoms with van der Waals surface area (Å²) in [5, 5.41) is 0.757. The lowest BCUT2D eigenvalue weighted by molar-refractivity contribution is 0.582. The number of imidazole rings is 1. The highest BCUT2D eigenvalue weighted by molar-refractivity contribution is 6.30. The fraction of sp³-hybridized carbons (Fsp3) is 0.111. The van der Waals surface area contributed by atoms with E-state index in [-0.39, 0.29) is 0 Å². The number of aromatic nitrogens is 3. The van der Waals surface area contributed by atoms with Crippen LogP contribution in [0.15, 0.2) is 59.3 Å². The van der Waals surface area contributed by atoms with E-state index in [1.165, 1.54) is 5.56 Å². The first-order valence-corrected chi connectivity index (χ1v) is 7.79. The van der Waals surface area contributed by atoms with E-state index in [1.807, 2.05) is 42.5 Å². The van der Waals surface area contributed by atoms with Crippen molar-refractivity contribution in [3.63, 3.8) is 0 Å². The zero-order valence-electron chi connectivity index (χ0n) is 12.3. The zero-order valence-corrected chi connectivity index (χ0v) is 13.0. The van der Waals surface area contributed by atoms with Gasteiger partial charge in [-0.1, -0.05) is 23.7 Å². The molecular weight excluding hydrogens is 310 g/mol. The van der Waals surface area contributed by atoms with Gasteiger partial charge in [-0.15, -0.1) is 0 Å². The predicted molar refractivity (Wildman–Crippen MR) is 90.5 cm³/mol. The first kappa shape index (κ1) is 14.0. The number of aromatic amines is 1. The monoisotopic (exact) mass is 323 g/mol. The maximum atomic E-state index is 5.90. The molecule has 0 fully saturated rings. The SMILES string of the molecule is Clc1ccc(CCc2nc3ncc(-c4ccco4)cc3[nH]2)cc1. The normalized spacial score (nSPS) is 11.2. The Hall–Kier alpha value is -2.59. The minimum Gasteiger partial charge on any atom is -0.464 e. The first-order valence-electron chi connectivity index (χ1n) is 7.41. The fourth-order valence-electron chi connectivity index (χ4n) is 2.56. The smallest absolute Gasteiger partial charge is 0.177 e. The second-order valence-electron chi connectivity index (χ2n) is 5.38. The molecule has 0 aliphatic rings. The van der Waals surface area contributed by atoms with E-state index in [1.54, 1.807) is 12.5 Å². The fourth-order valence-corrected chi connectivity index (χ4v) is 2.69. The van der Waals surface area contributed by atoms with Crippen LogP contribution in [0, 0.1) is 0 Å². The second kappa shape index (κ2) is 5.89. The highest BCUT2D eigenvalue weighted by Crippen LogP contribution is 2.22. The lowest BCUT2D eigenvalue weighted by Gasteiger charge is -1.99. The molecular formula is C18H14ClN3O. The van der Waals surface area contributed by atoms with Crippen molar-refractivity contribution in [2.75, 3.05) is 0 Å². The van der Waals surface area contributed by atoms with Gasteiger partial charge in [0.1, 0.15) is 11.6 Å². The van der Waals surface area contributed by atoms with Gasteiger partial charge in [0.15, 0.2) is 5.65 Å². The average Bonchev–Trinajstić information content (AvgIpc) is 3.23. The highest BCUT2D eigenvalue weighted by Gasteiger charge is 2.08. The van der Waals surface area contributed by atoms with Gasteiger partial charge in [-0.3, -0.25) is 0 Å². The number of hydrogen-bond acceptors (Lipinski definition) is 3. The number of H-pyrrole nitrogens is 1. The molecule has 0 radical (unpaired) electrons. The number of nitrogens with one attached hydrogen (secondary N) is 1. The standard InChI is InChI=1S/C18H14ClN3O/c19-14-6-3-12(4-7-14)5-8-17-21-15-10-13(11-20-18(15)22-17)16-2-1-9-23-16/h1-4,6-7,9-11H,5,8H2,(H,20,21,22). The average molecular weight is 324 g/mol. The van der Waals surface area contributed by atoms with E-state index in [9.17, 15) is 0 Å². The Kier molecular flexibility index (Phi) is 3.60. The molecule has 114 valence electrons. The molecule has 5 heteroatoms. The van der Waals surface area contributed by atoms with E-state index >= 15 is 0 Å². The number of fused-ring (bicyclic) bond motifs is 1. The Morgan fingerprint density at radius 3 is 2.74 bits per heavy atom. The van der Waals surface area contributed by atoms with Crippen molar-refractivity contribution in [1.29, 1.82) is 0 Å². The van der Waals surface area contributed by atoms with Crippen LogP contribution in [0.3, 0.4) is 0 Å². The first-order chi connectivity index (χ1) is 11.3. The Balaban J connectivity index is 1.55. The molecule has 0 amide bonds. The third-order valence-electron chi connectivity index (χ3n) is 3.76. The molecule has 1 aromatic carbocycles. The van der Waals surface area contributed by atoms with Gasteiger partial charge in [0.05, 0.1) is 11.8 Å². The van der Waals surface area contributed by atoms with Crippen molar-refractivity contribution in [2.24, 2.45) is 0 Å². The second-order valence-corrected chi connectivity index (χ2v) is 5.82. The molecule has 3 heterocycles. The van der Waals surface area contributed by atoms with Gasteiger partial charge in [0.2, 0.25) is 0 Å². The summed E-state index contributed by atoms with van der Waals surface area (Å²) in [7, 11) is 0. The Morgan fingerprint density at radius 2 is 1.96 bits per heavy atom. The molecule has 3 aromatic heterocycles. The molecule has 0 saturated carbocycles. The van der Waals surface area contributed by atoms with Gasteiger partial charge in [0, 0.05) is 23.2 Å². The minimum absolute atomic E-state index is 0.728. The van der Waals surface area contributed by atoms with Crippen molar-refractivity contribution in [3.8, 4) is 11.3 Å². The Labute approximate surface area is 138 Å². The maximum Gasteiger partial charge on any atom is 0.177 e. The molecule has 4 rings (SSSR count). The van der Waals surface area contributed by atoms with Crippen LogP contribution in [-0.2, 0) is 12.8 Å². The maximum absolute atomic E-state index is 5.90. The summed E-state index contributed by atoms with van der Waals surface area (Å²) in [5.74, 6) is 1.73. The molecule has 0 bridgehead atoms. The van der Waals surface area contributed by atoms with Crippen molar-refractivity contribution in [1.82, 2.24) is 15.0 Å². The third kappa shape index (κ3) is 2.98. The van der Waals surface area contributed by atoms with E-state index in [4.69, 9.17) is 16.0 Å².